The van der Waals surface area contributed by atoms with Gasteiger partial charge in [0.1, 0.15) is 6.10 Å². The van der Waals surface area contributed by atoms with Crippen LogP contribution < -0.4 is 0 Å². The number of hydrogen-bond acceptors (Lipinski definition) is 3. The van der Waals surface area contributed by atoms with Crippen molar-refractivity contribution in [2.24, 2.45) is 0 Å². The van der Waals surface area contributed by atoms with Crippen LogP contribution in [-0.4, -0.2) is 23.1 Å². The summed E-state index contributed by atoms with van der Waals surface area (Å²) in [5.74, 6) is -0.657. The summed E-state index contributed by atoms with van der Waals surface area (Å²) in [6.45, 7) is 4.56. The minimum Gasteiger partial charge on any atom is -0.481 e. The molecule has 0 aliphatic carbocycles. The number of carbonyl (C=O) groups excluding carboxylic acids is 1. The van der Waals surface area contributed by atoms with Crippen molar-refractivity contribution in [1.82, 2.24) is 0 Å². The maximum Gasteiger partial charge on any atom is 0.306 e. The first-order valence-corrected chi connectivity index (χ1v) is 19.5. The van der Waals surface area contributed by atoms with Crippen LogP contribution in [0.15, 0.2) is 0 Å². The first-order chi connectivity index (χ1) is 21.1. The van der Waals surface area contributed by atoms with Crippen LogP contribution in [0.1, 0.15) is 232 Å². The molecular formula is C39H76O4. The maximum atomic E-state index is 12.7. The van der Waals surface area contributed by atoms with Crippen molar-refractivity contribution in [1.29, 1.82) is 0 Å². The number of esters is 1. The second-order valence-electron chi connectivity index (χ2n) is 13.5. The average Bonchev–Trinajstić information content (AvgIpc) is 2.99. The summed E-state index contributed by atoms with van der Waals surface area (Å²) in [6.07, 6.45) is 41.2. The molecule has 4 nitrogen and oxygen atoms in total. The van der Waals surface area contributed by atoms with Crippen LogP contribution in [0.4, 0.5) is 0 Å². The SMILES string of the molecule is CCCCCCCCCCCCCCC(=O)OC(CCCCCCCCCCCCC)CCCCCCCCCC(=O)O. The summed E-state index contributed by atoms with van der Waals surface area (Å²) < 4.78 is 6.03. The van der Waals surface area contributed by atoms with Gasteiger partial charge < -0.3 is 9.84 Å². The zero-order valence-corrected chi connectivity index (χ0v) is 29.3. The van der Waals surface area contributed by atoms with Crippen LogP contribution >= 0.6 is 0 Å². The lowest BCUT2D eigenvalue weighted by Crippen LogP contribution is -2.18. The van der Waals surface area contributed by atoms with Gasteiger partial charge in [-0.2, -0.15) is 0 Å². The number of carboxylic acid groups (broad SMARTS) is 1. The normalized spacial score (nSPS) is 12.0. The van der Waals surface area contributed by atoms with Crippen LogP contribution in [0.2, 0.25) is 0 Å². The van der Waals surface area contributed by atoms with Gasteiger partial charge in [-0.25, -0.2) is 0 Å². The zero-order chi connectivity index (χ0) is 31.5. The first kappa shape index (κ1) is 41.9. The predicted octanol–water partition coefficient (Wildman–Crippen LogP) is 13.3. The highest BCUT2D eigenvalue weighted by molar-refractivity contribution is 5.69. The van der Waals surface area contributed by atoms with E-state index in [1.54, 1.807) is 0 Å². The maximum absolute atomic E-state index is 12.7. The molecule has 0 aromatic heterocycles. The Morgan fingerprint density at radius 2 is 0.698 bits per heavy atom. The standard InChI is InChI=1S/C39H76O4/c1-3-5-7-9-11-13-15-17-19-24-28-32-36-39(42)43-37(34-30-26-22-20-23-27-31-35-38(40)41)33-29-25-21-18-16-14-12-10-8-6-4-2/h37H,3-36H2,1-2H3,(H,40,41). The molecule has 0 saturated carbocycles. The predicted molar refractivity (Wildman–Crippen MR) is 186 cm³/mol. The highest BCUT2D eigenvalue weighted by atomic mass is 16.5. The van der Waals surface area contributed by atoms with E-state index in [2.05, 4.69) is 13.8 Å². The van der Waals surface area contributed by atoms with Crippen molar-refractivity contribution < 1.29 is 19.4 Å². The van der Waals surface area contributed by atoms with Crippen molar-refractivity contribution in [2.75, 3.05) is 0 Å². The largest absolute Gasteiger partial charge is 0.481 e. The highest BCUT2D eigenvalue weighted by Crippen LogP contribution is 2.19. The van der Waals surface area contributed by atoms with Crippen molar-refractivity contribution >= 4 is 11.9 Å². The fourth-order valence-electron chi connectivity index (χ4n) is 6.19. The summed E-state index contributed by atoms with van der Waals surface area (Å²) in [5, 5.41) is 8.76. The van der Waals surface area contributed by atoms with Crippen molar-refractivity contribution in [3.8, 4) is 0 Å². The van der Waals surface area contributed by atoms with Gasteiger partial charge in [0.2, 0.25) is 0 Å². The number of hydrogen-bond donors (Lipinski definition) is 1. The van der Waals surface area contributed by atoms with E-state index < -0.39 is 5.97 Å². The molecule has 4 heteroatoms. The molecule has 0 spiro atoms. The van der Waals surface area contributed by atoms with E-state index in [4.69, 9.17) is 9.84 Å². The molecule has 0 rings (SSSR count). The molecule has 43 heavy (non-hydrogen) atoms. The summed E-state index contributed by atoms with van der Waals surface area (Å²) >= 11 is 0. The smallest absolute Gasteiger partial charge is 0.306 e. The van der Waals surface area contributed by atoms with Gasteiger partial charge in [-0.3, -0.25) is 9.59 Å². The van der Waals surface area contributed by atoms with E-state index in [9.17, 15) is 9.59 Å². The fraction of sp³-hybridized carbons (Fsp3) is 0.949. The van der Waals surface area contributed by atoms with E-state index in [1.807, 2.05) is 0 Å². The molecule has 0 heterocycles. The van der Waals surface area contributed by atoms with Gasteiger partial charge >= 0.3 is 11.9 Å². The van der Waals surface area contributed by atoms with Crippen molar-refractivity contribution in [3.05, 3.63) is 0 Å². The Morgan fingerprint density at radius 1 is 0.419 bits per heavy atom. The van der Waals surface area contributed by atoms with E-state index >= 15 is 0 Å². The van der Waals surface area contributed by atoms with Crippen molar-refractivity contribution in [3.63, 3.8) is 0 Å². The Hall–Kier alpha value is -1.06. The number of aliphatic carboxylic acids is 1. The van der Waals surface area contributed by atoms with Crippen LogP contribution in [0, 0.1) is 0 Å². The lowest BCUT2D eigenvalue weighted by atomic mass is 10.0. The molecule has 0 aliphatic heterocycles. The molecule has 0 aliphatic rings. The number of ether oxygens (including phenoxy) is 1. The third-order valence-electron chi connectivity index (χ3n) is 9.08. The monoisotopic (exact) mass is 609 g/mol. The molecular weight excluding hydrogens is 532 g/mol. The van der Waals surface area contributed by atoms with Gasteiger partial charge in [0, 0.05) is 12.8 Å². The Labute approximate surface area is 269 Å². The molecule has 0 amide bonds. The number of carboxylic acids is 1. The molecule has 256 valence electrons. The molecule has 0 aromatic rings. The Bertz CT molecular complexity index is 576. The van der Waals surface area contributed by atoms with Gasteiger partial charge in [-0.05, 0) is 38.5 Å². The number of unbranched alkanes of at least 4 members (excludes halogenated alkanes) is 27. The fourth-order valence-corrected chi connectivity index (χ4v) is 6.19. The molecule has 0 fully saturated rings. The Balaban J connectivity index is 4.05. The van der Waals surface area contributed by atoms with Gasteiger partial charge in [0.05, 0.1) is 0 Å². The lowest BCUT2D eigenvalue weighted by Gasteiger charge is -2.18. The molecule has 0 bridgehead atoms. The molecule has 1 atom stereocenters. The summed E-state index contributed by atoms with van der Waals surface area (Å²) in [7, 11) is 0. The molecule has 1 unspecified atom stereocenters. The van der Waals surface area contributed by atoms with Crippen LogP contribution in [0.3, 0.4) is 0 Å². The van der Waals surface area contributed by atoms with Gasteiger partial charge in [-0.15, -0.1) is 0 Å². The minimum atomic E-state index is -0.683. The number of rotatable bonds is 36. The molecule has 0 aromatic carbocycles. The van der Waals surface area contributed by atoms with E-state index in [-0.39, 0.29) is 12.1 Å². The Kier molecular flexibility index (Phi) is 34.5. The van der Waals surface area contributed by atoms with Crippen LogP contribution in [-0.2, 0) is 14.3 Å². The Morgan fingerprint density at radius 3 is 1.02 bits per heavy atom. The molecule has 0 radical (unpaired) electrons. The van der Waals surface area contributed by atoms with E-state index in [0.717, 1.165) is 51.4 Å². The van der Waals surface area contributed by atoms with Gasteiger partial charge in [0.25, 0.3) is 0 Å². The zero-order valence-electron chi connectivity index (χ0n) is 29.3. The second-order valence-corrected chi connectivity index (χ2v) is 13.5. The first-order valence-electron chi connectivity index (χ1n) is 19.5. The quantitative estimate of drug-likeness (QED) is 0.0567. The van der Waals surface area contributed by atoms with E-state index in [1.165, 1.54) is 154 Å². The lowest BCUT2D eigenvalue weighted by molar-refractivity contribution is -0.150. The third kappa shape index (κ3) is 35.3. The van der Waals surface area contributed by atoms with Crippen molar-refractivity contribution in [2.45, 2.75) is 238 Å². The summed E-state index contributed by atoms with van der Waals surface area (Å²) in [5.41, 5.74) is 0. The second kappa shape index (κ2) is 35.4. The van der Waals surface area contributed by atoms with Gasteiger partial charge in [-0.1, -0.05) is 181 Å². The van der Waals surface area contributed by atoms with E-state index in [0.29, 0.717) is 12.8 Å². The third-order valence-corrected chi connectivity index (χ3v) is 9.08. The topological polar surface area (TPSA) is 63.6 Å². The van der Waals surface area contributed by atoms with Crippen LogP contribution in [0.25, 0.3) is 0 Å². The summed E-state index contributed by atoms with van der Waals surface area (Å²) in [6, 6.07) is 0. The molecule has 1 N–H and O–H groups in total. The highest BCUT2D eigenvalue weighted by Gasteiger charge is 2.14. The minimum absolute atomic E-state index is 0.0265. The van der Waals surface area contributed by atoms with Gasteiger partial charge in [0.15, 0.2) is 0 Å². The van der Waals surface area contributed by atoms with Crippen LogP contribution in [0.5, 0.6) is 0 Å². The summed E-state index contributed by atoms with van der Waals surface area (Å²) in [4.78, 5) is 23.3. The molecule has 0 saturated heterocycles. The number of carbonyl (C=O) groups is 2. The average molecular weight is 609 g/mol.